The van der Waals surface area contributed by atoms with E-state index in [1.165, 1.54) is 89.9 Å². The fraction of sp³-hybridized carbons (Fsp3) is 0.717. The van der Waals surface area contributed by atoms with Crippen LogP contribution in [0.25, 0.3) is 0 Å². The second kappa shape index (κ2) is 47.5. The number of allylic oxidation sites excluding steroid dienone is 12. The lowest BCUT2D eigenvalue weighted by Gasteiger charge is -2.18. The maximum Gasteiger partial charge on any atom is 0.306 e. The fourth-order valence-corrected chi connectivity index (χ4v) is 6.61. The van der Waals surface area contributed by atoms with Crippen LogP contribution in [0.4, 0.5) is 0 Å². The summed E-state index contributed by atoms with van der Waals surface area (Å²) >= 11 is 0. The highest BCUT2D eigenvalue weighted by Crippen LogP contribution is 2.15. The minimum absolute atomic E-state index is 0.0953. The van der Waals surface area contributed by atoms with Gasteiger partial charge in [-0.15, -0.1) is 0 Å². The number of hydrogen-bond donors (Lipinski definition) is 0. The number of ether oxygens (including phenoxy) is 3. The molecule has 0 spiro atoms. The van der Waals surface area contributed by atoms with E-state index in [0.717, 1.165) is 96.3 Å². The smallest absolute Gasteiger partial charge is 0.306 e. The van der Waals surface area contributed by atoms with E-state index >= 15 is 0 Å². The van der Waals surface area contributed by atoms with Gasteiger partial charge in [0.1, 0.15) is 13.2 Å². The Balaban J connectivity index is 4.43. The van der Waals surface area contributed by atoms with E-state index < -0.39 is 6.10 Å². The van der Waals surface area contributed by atoms with Crippen molar-refractivity contribution >= 4 is 17.9 Å². The molecular weight excluding hydrogens is 733 g/mol. The number of carbonyl (C=O) groups is 3. The first-order chi connectivity index (χ1) is 29.0. The van der Waals surface area contributed by atoms with E-state index in [4.69, 9.17) is 14.2 Å². The molecule has 338 valence electrons. The minimum Gasteiger partial charge on any atom is -0.462 e. The van der Waals surface area contributed by atoms with E-state index in [2.05, 4.69) is 75.5 Å². The molecule has 0 aromatic heterocycles. The maximum absolute atomic E-state index is 12.8. The SMILES string of the molecule is CC\C=C/C=C\C=C/C=C\CCCCCCCC(=O)OCC(COC(=O)CCCCC/C=C\C=C/CCCC)OC(=O)CCCCCCCCCCCCCCCCC. The van der Waals surface area contributed by atoms with Crippen LogP contribution < -0.4 is 0 Å². The first-order valence-electron chi connectivity index (χ1n) is 24.5. The quantitative estimate of drug-likeness (QED) is 0.0264. The lowest BCUT2D eigenvalue weighted by atomic mass is 10.0. The normalized spacial score (nSPS) is 12.7. The van der Waals surface area contributed by atoms with Crippen molar-refractivity contribution in [2.24, 2.45) is 0 Å². The van der Waals surface area contributed by atoms with Crippen molar-refractivity contribution in [1.29, 1.82) is 0 Å². The Labute approximate surface area is 363 Å². The monoisotopic (exact) mass is 823 g/mol. The van der Waals surface area contributed by atoms with E-state index in [9.17, 15) is 14.4 Å². The van der Waals surface area contributed by atoms with Crippen molar-refractivity contribution in [1.82, 2.24) is 0 Å². The largest absolute Gasteiger partial charge is 0.462 e. The van der Waals surface area contributed by atoms with Gasteiger partial charge in [0.05, 0.1) is 0 Å². The molecule has 0 aromatic carbocycles. The van der Waals surface area contributed by atoms with Crippen molar-refractivity contribution in [3.63, 3.8) is 0 Å². The number of rotatable bonds is 43. The molecule has 0 N–H and O–H groups in total. The van der Waals surface area contributed by atoms with Crippen LogP contribution in [0.5, 0.6) is 0 Å². The molecule has 0 saturated heterocycles. The van der Waals surface area contributed by atoms with Gasteiger partial charge in [-0.1, -0.05) is 222 Å². The van der Waals surface area contributed by atoms with Crippen LogP contribution in [0.2, 0.25) is 0 Å². The van der Waals surface area contributed by atoms with Gasteiger partial charge >= 0.3 is 17.9 Å². The molecule has 0 fully saturated rings. The zero-order valence-corrected chi connectivity index (χ0v) is 38.5. The maximum atomic E-state index is 12.8. The lowest BCUT2D eigenvalue weighted by molar-refractivity contribution is -0.167. The van der Waals surface area contributed by atoms with Crippen LogP contribution in [0, 0.1) is 0 Å². The predicted molar refractivity (Wildman–Crippen MR) is 251 cm³/mol. The predicted octanol–water partition coefficient (Wildman–Crippen LogP) is 15.9. The molecule has 59 heavy (non-hydrogen) atoms. The Morgan fingerprint density at radius 1 is 0.356 bits per heavy atom. The molecule has 0 rings (SSSR count). The topological polar surface area (TPSA) is 78.9 Å². The molecule has 0 heterocycles. The molecule has 0 aliphatic rings. The third-order valence-electron chi connectivity index (χ3n) is 10.3. The second-order valence-corrected chi connectivity index (χ2v) is 16.1. The number of hydrogen-bond acceptors (Lipinski definition) is 6. The summed E-state index contributed by atoms with van der Waals surface area (Å²) in [5.41, 5.74) is 0. The van der Waals surface area contributed by atoms with Crippen molar-refractivity contribution in [2.45, 2.75) is 232 Å². The third kappa shape index (κ3) is 45.8. The highest BCUT2D eigenvalue weighted by atomic mass is 16.6. The molecule has 0 aromatic rings. The van der Waals surface area contributed by atoms with Crippen molar-refractivity contribution in [3.05, 3.63) is 72.9 Å². The van der Waals surface area contributed by atoms with Crippen LogP contribution >= 0.6 is 0 Å². The molecule has 6 nitrogen and oxygen atoms in total. The first-order valence-corrected chi connectivity index (χ1v) is 24.5. The van der Waals surface area contributed by atoms with Gasteiger partial charge in [-0.2, -0.15) is 0 Å². The Morgan fingerprint density at radius 2 is 0.678 bits per heavy atom. The van der Waals surface area contributed by atoms with Crippen LogP contribution in [0.15, 0.2) is 72.9 Å². The summed E-state index contributed by atoms with van der Waals surface area (Å²) < 4.78 is 16.7. The van der Waals surface area contributed by atoms with Gasteiger partial charge in [0.2, 0.25) is 0 Å². The molecule has 1 atom stereocenters. The third-order valence-corrected chi connectivity index (χ3v) is 10.3. The Hall–Kier alpha value is -3.15. The molecular formula is C53H90O6. The van der Waals surface area contributed by atoms with Crippen molar-refractivity contribution < 1.29 is 28.6 Å². The van der Waals surface area contributed by atoms with Gasteiger partial charge in [0.15, 0.2) is 6.10 Å². The number of esters is 3. The van der Waals surface area contributed by atoms with Gasteiger partial charge in [-0.05, 0) is 57.8 Å². The molecule has 0 radical (unpaired) electrons. The second-order valence-electron chi connectivity index (χ2n) is 16.1. The molecule has 0 amide bonds. The highest BCUT2D eigenvalue weighted by molar-refractivity contribution is 5.71. The molecule has 0 aliphatic carbocycles. The molecule has 1 unspecified atom stereocenters. The van der Waals surface area contributed by atoms with E-state index in [1.54, 1.807) is 0 Å². The standard InChI is InChI=1S/C53H90O6/c1-4-7-10-13-16-19-22-24-26-28-31-34-37-40-43-46-52(55)58-49-50(48-57-51(54)45-42-39-36-33-30-21-18-15-12-9-6-3)59-53(56)47-44-41-38-35-32-29-27-25-23-20-17-14-11-8-5-2/h7,10,13,15-16,18-19,21-22,24,26,30,50H,4-6,8-9,11-12,14,17,20,23,25,27-29,31-49H2,1-3H3/b10-7-,16-13-,18-15-,22-19-,26-24-,30-21-. The summed E-state index contributed by atoms with van der Waals surface area (Å²) in [7, 11) is 0. The van der Waals surface area contributed by atoms with Crippen molar-refractivity contribution in [2.75, 3.05) is 13.2 Å². The zero-order valence-electron chi connectivity index (χ0n) is 38.5. The fourth-order valence-electron chi connectivity index (χ4n) is 6.61. The Morgan fingerprint density at radius 3 is 1.12 bits per heavy atom. The average molecular weight is 823 g/mol. The van der Waals surface area contributed by atoms with Gasteiger partial charge in [0.25, 0.3) is 0 Å². The van der Waals surface area contributed by atoms with E-state index in [0.29, 0.717) is 19.3 Å². The Kier molecular flexibility index (Phi) is 45.0. The van der Waals surface area contributed by atoms with E-state index in [1.807, 2.05) is 18.2 Å². The zero-order chi connectivity index (χ0) is 43.0. The summed E-state index contributed by atoms with van der Waals surface area (Å²) in [5, 5.41) is 0. The van der Waals surface area contributed by atoms with Crippen LogP contribution in [-0.4, -0.2) is 37.2 Å². The number of carbonyl (C=O) groups excluding carboxylic acids is 3. The molecule has 0 saturated carbocycles. The minimum atomic E-state index is -0.793. The first kappa shape index (κ1) is 55.9. The van der Waals surface area contributed by atoms with Crippen LogP contribution in [-0.2, 0) is 28.6 Å². The lowest BCUT2D eigenvalue weighted by Crippen LogP contribution is -2.30. The highest BCUT2D eigenvalue weighted by Gasteiger charge is 2.19. The molecule has 0 bridgehead atoms. The van der Waals surface area contributed by atoms with Crippen molar-refractivity contribution in [3.8, 4) is 0 Å². The van der Waals surface area contributed by atoms with E-state index in [-0.39, 0.29) is 31.1 Å². The Bertz CT molecular complexity index is 1130. The van der Waals surface area contributed by atoms with Gasteiger partial charge in [-0.3, -0.25) is 14.4 Å². The summed E-state index contributed by atoms with van der Waals surface area (Å²) in [6, 6.07) is 0. The van der Waals surface area contributed by atoms with Crippen LogP contribution in [0.1, 0.15) is 226 Å². The summed E-state index contributed by atoms with van der Waals surface area (Å²) in [6.45, 7) is 6.40. The summed E-state index contributed by atoms with van der Waals surface area (Å²) in [5.74, 6) is -0.944. The average Bonchev–Trinajstić information content (AvgIpc) is 3.23. The number of unbranched alkanes of at least 4 members (excludes halogenated alkanes) is 24. The van der Waals surface area contributed by atoms with Gasteiger partial charge < -0.3 is 14.2 Å². The van der Waals surface area contributed by atoms with Crippen LogP contribution in [0.3, 0.4) is 0 Å². The van der Waals surface area contributed by atoms with Gasteiger partial charge in [0, 0.05) is 19.3 Å². The molecule has 6 heteroatoms. The molecule has 0 aliphatic heterocycles. The van der Waals surface area contributed by atoms with Gasteiger partial charge in [-0.25, -0.2) is 0 Å². The summed E-state index contributed by atoms with van der Waals surface area (Å²) in [4.78, 5) is 37.8. The summed E-state index contributed by atoms with van der Waals surface area (Å²) in [6.07, 6.45) is 58.8.